The highest BCUT2D eigenvalue weighted by Gasteiger charge is 2.22. The molecule has 0 bridgehead atoms. The predicted octanol–water partition coefficient (Wildman–Crippen LogP) is 2.92. The van der Waals surface area contributed by atoms with E-state index < -0.39 is 0 Å². The van der Waals surface area contributed by atoms with Gasteiger partial charge in [-0.05, 0) is 57.1 Å². The van der Waals surface area contributed by atoms with Gasteiger partial charge >= 0.3 is 0 Å². The summed E-state index contributed by atoms with van der Waals surface area (Å²) in [6.07, 6.45) is 4.63. The van der Waals surface area contributed by atoms with E-state index in [1.807, 2.05) is 16.2 Å². The Morgan fingerprint density at radius 1 is 1.50 bits per heavy atom. The van der Waals surface area contributed by atoms with Gasteiger partial charge in [0, 0.05) is 35.9 Å². The fourth-order valence-electron chi connectivity index (χ4n) is 2.96. The van der Waals surface area contributed by atoms with Gasteiger partial charge in [-0.3, -0.25) is 4.79 Å². The fourth-order valence-corrected chi connectivity index (χ4v) is 3.94. The molecular weight excluding hydrogens is 270 g/mol. The summed E-state index contributed by atoms with van der Waals surface area (Å²) in [6.45, 7) is 6.11. The van der Waals surface area contributed by atoms with Crippen LogP contribution in [0.15, 0.2) is 6.07 Å². The Morgan fingerprint density at radius 2 is 2.30 bits per heavy atom. The van der Waals surface area contributed by atoms with E-state index in [1.165, 1.54) is 15.3 Å². The summed E-state index contributed by atoms with van der Waals surface area (Å²) in [5.74, 6) is 0.544. The molecule has 112 valence electrons. The number of carbonyl (C=O) groups excluding carboxylic acids is 1. The molecule has 1 aromatic rings. The molecule has 3 nitrogen and oxygen atoms in total. The second-order valence-corrected chi connectivity index (χ2v) is 7.28. The number of hydrogen-bond acceptors (Lipinski definition) is 3. The number of aliphatic hydroxyl groups excluding tert-OH is 1. The Kier molecular flexibility index (Phi) is 5.61. The number of carbonyl (C=O) groups is 1. The molecule has 1 saturated heterocycles. The Balaban J connectivity index is 1.76. The van der Waals surface area contributed by atoms with E-state index in [0.717, 1.165) is 38.8 Å². The molecule has 20 heavy (non-hydrogen) atoms. The highest BCUT2D eigenvalue weighted by atomic mass is 32.1. The molecule has 4 heteroatoms. The van der Waals surface area contributed by atoms with Crippen LogP contribution in [0.2, 0.25) is 0 Å². The molecule has 0 aliphatic carbocycles. The van der Waals surface area contributed by atoms with Gasteiger partial charge in [-0.1, -0.05) is 0 Å². The van der Waals surface area contributed by atoms with Crippen molar-refractivity contribution < 1.29 is 9.90 Å². The van der Waals surface area contributed by atoms with Crippen LogP contribution in [0, 0.1) is 19.8 Å². The molecule has 0 spiro atoms. The summed E-state index contributed by atoms with van der Waals surface area (Å²) >= 11 is 1.84. The van der Waals surface area contributed by atoms with Crippen LogP contribution in [0.4, 0.5) is 0 Å². The molecule has 1 fully saturated rings. The maximum absolute atomic E-state index is 12.2. The maximum atomic E-state index is 12.2. The zero-order chi connectivity index (χ0) is 14.5. The van der Waals surface area contributed by atoms with Crippen LogP contribution in [0.5, 0.6) is 0 Å². The lowest BCUT2D eigenvalue weighted by molar-refractivity contribution is -0.133. The third kappa shape index (κ3) is 4.06. The van der Waals surface area contributed by atoms with Crippen molar-refractivity contribution in [3.05, 3.63) is 21.4 Å². The Bertz CT molecular complexity index is 455. The van der Waals surface area contributed by atoms with Gasteiger partial charge in [0.05, 0.1) is 0 Å². The van der Waals surface area contributed by atoms with Gasteiger partial charge in [-0.2, -0.15) is 0 Å². The molecule has 1 amide bonds. The van der Waals surface area contributed by atoms with Crippen molar-refractivity contribution in [3.8, 4) is 0 Å². The van der Waals surface area contributed by atoms with Crippen molar-refractivity contribution in [1.82, 2.24) is 4.90 Å². The second-order valence-electron chi connectivity index (χ2n) is 5.82. The van der Waals surface area contributed by atoms with E-state index >= 15 is 0 Å². The van der Waals surface area contributed by atoms with Crippen LogP contribution in [-0.4, -0.2) is 35.6 Å². The lowest BCUT2D eigenvalue weighted by Gasteiger charge is -2.32. The average molecular weight is 295 g/mol. The van der Waals surface area contributed by atoms with E-state index in [0.29, 0.717) is 6.42 Å². The third-order valence-electron chi connectivity index (χ3n) is 4.11. The van der Waals surface area contributed by atoms with Crippen molar-refractivity contribution in [2.24, 2.45) is 5.92 Å². The van der Waals surface area contributed by atoms with Gasteiger partial charge in [-0.15, -0.1) is 11.3 Å². The molecule has 0 aromatic carbocycles. The number of thiophene rings is 1. The first kappa shape index (κ1) is 15.5. The minimum Gasteiger partial charge on any atom is -0.396 e. The van der Waals surface area contributed by atoms with Crippen molar-refractivity contribution in [2.45, 2.75) is 46.0 Å². The number of nitrogens with zero attached hydrogens (tertiary/aromatic N) is 1. The van der Waals surface area contributed by atoms with Crippen LogP contribution >= 0.6 is 11.3 Å². The minimum atomic E-state index is 0.206. The summed E-state index contributed by atoms with van der Waals surface area (Å²) < 4.78 is 0. The van der Waals surface area contributed by atoms with Crippen molar-refractivity contribution in [2.75, 3.05) is 19.7 Å². The van der Waals surface area contributed by atoms with Gasteiger partial charge in [0.1, 0.15) is 0 Å². The van der Waals surface area contributed by atoms with Gasteiger partial charge in [0.25, 0.3) is 0 Å². The molecule has 0 saturated carbocycles. The molecule has 2 rings (SSSR count). The standard InChI is InChI=1S/C16H25NO2S/c1-12-9-15(13(2)20-12)6-3-7-16(19)17-8-4-5-14(10-17)11-18/h9,14,18H,3-8,10-11H2,1-2H3. The van der Waals surface area contributed by atoms with Crippen LogP contribution in [0.25, 0.3) is 0 Å². The molecular formula is C16H25NO2S. The normalized spacial score (nSPS) is 19.4. The quantitative estimate of drug-likeness (QED) is 0.907. The number of rotatable bonds is 5. The number of aryl methyl sites for hydroxylation is 3. The smallest absolute Gasteiger partial charge is 0.222 e. The topological polar surface area (TPSA) is 40.5 Å². The number of amides is 1. The summed E-state index contributed by atoms with van der Waals surface area (Å²) in [6, 6.07) is 2.24. The maximum Gasteiger partial charge on any atom is 0.222 e. The Morgan fingerprint density at radius 3 is 2.95 bits per heavy atom. The van der Waals surface area contributed by atoms with Gasteiger partial charge in [0.2, 0.25) is 5.91 Å². The highest BCUT2D eigenvalue weighted by Crippen LogP contribution is 2.23. The van der Waals surface area contributed by atoms with Gasteiger partial charge in [-0.25, -0.2) is 0 Å². The molecule has 0 radical (unpaired) electrons. The molecule has 1 aliphatic rings. The molecule has 1 N–H and O–H groups in total. The van der Waals surface area contributed by atoms with E-state index in [4.69, 9.17) is 0 Å². The van der Waals surface area contributed by atoms with E-state index in [9.17, 15) is 9.90 Å². The SMILES string of the molecule is Cc1cc(CCCC(=O)N2CCCC(CO)C2)c(C)s1. The Labute approximate surface area is 125 Å². The predicted molar refractivity (Wildman–Crippen MR) is 83.1 cm³/mol. The zero-order valence-corrected chi connectivity index (χ0v) is 13.3. The summed E-state index contributed by atoms with van der Waals surface area (Å²) in [7, 11) is 0. The monoisotopic (exact) mass is 295 g/mol. The number of likely N-dealkylation sites (tertiary alicyclic amines) is 1. The largest absolute Gasteiger partial charge is 0.396 e. The average Bonchev–Trinajstić information content (AvgIpc) is 2.77. The lowest BCUT2D eigenvalue weighted by atomic mass is 9.98. The third-order valence-corrected chi connectivity index (χ3v) is 5.12. The molecule has 2 heterocycles. The lowest BCUT2D eigenvalue weighted by Crippen LogP contribution is -2.40. The van der Waals surface area contributed by atoms with Crippen LogP contribution in [0.3, 0.4) is 0 Å². The first-order chi connectivity index (χ1) is 9.60. The first-order valence-electron chi connectivity index (χ1n) is 7.54. The second kappa shape index (κ2) is 7.23. The van der Waals surface area contributed by atoms with Crippen molar-refractivity contribution >= 4 is 17.2 Å². The zero-order valence-electron chi connectivity index (χ0n) is 12.5. The highest BCUT2D eigenvalue weighted by molar-refractivity contribution is 7.12. The van der Waals surface area contributed by atoms with E-state index in [2.05, 4.69) is 19.9 Å². The Hall–Kier alpha value is -0.870. The summed E-state index contributed by atoms with van der Waals surface area (Å²) in [4.78, 5) is 16.9. The minimum absolute atomic E-state index is 0.206. The summed E-state index contributed by atoms with van der Waals surface area (Å²) in [5.41, 5.74) is 1.40. The number of piperidine rings is 1. The van der Waals surface area contributed by atoms with Gasteiger partial charge in [0.15, 0.2) is 0 Å². The summed E-state index contributed by atoms with van der Waals surface area (Å²) in [5, 5.41) is 9.21. The van der Waals surface area contributed by atoms with Crippen LogP contribution < -0.4 is 0 Å². The van der Waals surface area contributed by atoms with E-state index in [-0.39, 0.29) is 18.4 Å². The first-order valence-corrected chi connectivity index (χ1v) is 8.36. The van der Waals surface area contributed by atoms with Crippen molar-refractivity contribution in [3.63, 3.8) is 0 Å². The fraction of sp³-hybridized carbons (Fsp3) is 0.688. The molecule has 1 unspecified atom stereocenters. The van der Waals surface area contributed by atoms with Crippen molar-refractivity contribution in [1.29, 1.82) is 0 Å². The van der Waals surface area contributed by atoms with Gasteiger partial charge < -0.3 is 10.0 Å². The molecule has 1 aliphatic heterocycles. The number of aliphatic hydroxyl groups is 1. The van der Waals surface area contributed by atoms with Crippen LogP contribution in [0.1, 0.15) is 41.0 Å². The van der Waals surface area contributed by atoms with E-state index in [1.54, 1.807) is 0 Å². The molecule has 1 atom stereocenters. The molecule has 1 aromatic heterocycles. The number of hydrogen-bond donors (Lipinski definition) is 1. The van der Waals surface area contributed by atoms with Crippen LogP contribution in [-0.2, 0) is 11.2 Å².